The van der Waals surface area contributed by atoms with Crippen LogP contribution < -0.4 is 0 Å². The summed E-state index contributed by atoms with van der Waals surface area (Å²) >= 11 is 3.37. The smallest absolute Gasteiger partial charge is 0.257 e. The zero-order chi connectivity index (χ0) is 12.7. The average Bonchev–Trinajstić information content (AvgIpc) is 2.34. The maximum Gasteiger partial charge on any atom is 0.257 e. The predicted molar refractivity (Wildman–Crippen MR) is 70.5 cm³/mol. The first-order chi connectivity index (χ1) is 8.16. The van der Waals surface area contributed by atoms with Crippen molar-refractivity contribution in [2.24, 2.45) is 0 Å². The Morgan fingerprint density at radius 2 is 2.24 bits per heavy atom. The van der Waals surface area contributed by atoms with Crippen LogP contribution in [0.25, 0.3) is 0 Å². The van der Waals surface area contributed by atoms with Crippen LogP contribution in [0.1, 0.15) is 29.6 Å². The first-order valence-corrected chi connectivity index (χ1v) is 6.73. The number of pyridine rings is 1. The van der Waals surface area contributed by atoms with Crippen molar-refractivity contribution in [1.29, 1.82) is 0 Å². The lowest BCUT2D eigenvalue weighted by molar-refractivity contribution is 0.0789. The van der Waals surface area contributed by atoms with Crippen LogP contribution in [0.5, 0.6) is 5.75 Å². The van der Waals surface area contributed by atoms with Gasteiger partial charge in [0, 0.05) is 25.1 Å². The molecule has 4 nitrogen and oxygen atoms in total. The number of rotatable bonds is 6. The Bertz CT molecular complexity index is 371. The van der Waals surface area contributed by atoms with E-state index in [1.54, 1.807) is 11.9 Å². The fourth-order valence-electron chi connectivity index (χ4n) is 1.49. The van der Waals surface area contributed by atoms with Crippen molar-refractivity contribution in [2.75, 3.05) is 18.9 Å². The molecular formula is C12H17BrN2O2. The van der Waals surface area contributed by atoms with Crippen LogP contribution in [0.2, 0.25) is 0 Å². The Morgan fingerprint density at radius 1 is 1.47 bits per heavy atom. The molecule has 1 aromatic rings. The number of carbonyl (C=O) groups is 1. The van der Waals surface area contributed by atoms with Crippen molar-refractivity contribution in [3.8, 4) is 5.75 Å². The largest absolute Gasteiger partial charge is 0.505 e. The maximum atomic E-state index is 12.0. The van der Waals surface area contributed by atoms with Gasteiger partial charge in [-0.05, 0) is 18.9 Å². The van der Waals surface area contributed by atoms with E-state index >= 15 is 0 Å². The Labute approximate surface area is 110 Å². The highest BCUT2D eigenvalue weighted by Gasteiger charge is 2.14. The number of hydrogen-bond acceptors (Lipinski definition) is 3. The van der Waals surface area contributed by atoms with Gasteiger partial charge in [0.05, 0.1) is 11.8 Å². The molecule has 0 unspecified atom stereocenters. The molecule has 1 N–H and O–H groups in total. The lowest BCUT2D eigenvalue weighted by Crippen LogP contribution is -2.27. The van der Waals surface area contributed by atoms with Crippen LogP contribution >= 0.6 is 15.9 Å². The normalized spacial score (nSPS) is 10.2. The molecular weight excluding hydrogens is 284 g/mol. The molecule has 5 heteroatoms. The third-order valence-electron chi connectivity index (χ3n) is 2.50. The molecule has 17 heavy (non-hydrogen) atoms. The van der Waals surface area contributed by atoms with Gasteiger partial charge in [-0.2, -0.15) is 0 Å². The molecule has 0 aromatic carbocycles. The van der Waals surface area contributed by atoms with E-state index in [2.05, 4.69) is 20.9 Å². The fourth-order valence-corrected chi connectivity index (χ4v) is 1.89. The molecule has 0 atom stereocenters. The summed E-state index contributed by atoms with van der Waals surface area (Å²) in [4.78, 5) is 17.3. The third-order valence-corrected chi connectivity index (χ3v) is 3.07. The van der Waals surface area contributed by atoms with Gasteiger partial charge in [-0.3, -0.25) is 9.78 Å². The van der Waals surface area contributed by atoms with E-state index in [9.17, 15) is 9.90 Å². The van der Waals surface area contributed by atoms with Gasteiger partial charge in [0.1, 0.15) is 5.75 Å². The van der Waals surface area contributed by atoms with Gasteiger partial charge in [-0.15, -0.1) is 0 Å². The molecule has 0 aliphatic rings. The summed E-state index contributed by atoms with van der Waals surface area (Å²) in [6.45, 7) is 0.702. The molecule has 0 radical (unpaired) electrons. The Kier molecular flexibility index (Phi) is 5.97. The molecule has 1 rings (SSSR count). The summed E-state index contributed by atoms with van der Waals surface area (Å²) in [5.41, 5.74) is 0.308. The molecule has 0 aliphatic heterocycles. The van der Waals surface area contributed by atoms with Crippen LogP contribution in [0.15, 0.2) is 18.5 Å². The Hall–Kier alpha value is -1.10. The Balaban J connectivity index is 2.49. The van der Waals surface area contributed by atoms with Crippen LogP contribution in [-0.2, 0) is 0 Å². The van der Waals surface area contributed by atoms with Crippen molar-refractivity contribution < 1.29 is 9.90 Å². The second kappa shape index (κ2) is 7.27. The van der Waals surface area contributed by atoms with Gasteiger partial charge in [-0.25, -0.2) is 0 Å². The lowest BCUT2D eigenvalue weighted by atomic mass is 10.2. The molecule has 1 heterocycles. The number of carbonyl (C=O) groups excluding carboxylic acids is 1. The summed E-state index contributed by atoms with van der Waals surface area (Å²) < 4.78 is 0. The summed E-state index contributed by atoms with van der Waals surface area (Å²) in [6.07, 6.45) is 5.96. The molecule has 0 saturated heterocycles. The second-order valence-corrected chi connectivity index (χ2v) is 4.66. The molecule has 0 bridgehead atoms. The van der Waals surface area contributed by atoms with E-state index in [-0.39, 0.29) is 11.7 Å². The highest BCUT2D eigenvalue weighted by atomic mass is 79.9. The molecule has 94 valence electrons. The van der Waals surface area contributed by atoms with E-state index in [1.165, 1.54) is 18.5 Å². The molecule has 1 aromatic heterocycles. The summed E-state index contributed by atoms with van der Waals surface area (Å²) in [6, 6.07) is 1.53. The third kappa shape index (κ3) is 4.34. The minimum atomic E-state index is -0.163. The van der Waals surface area contributed by atoms with E-state index < -0.39 is 0 Å². The SMILES string of the molecule is CN(CCCCCBr)C(=O)c1ccncc1O. The zero-order valence-electron chi connectivity index (χ0n) is 9.90. The highest BCUT2D eigenvalue weighted by Crippen LogP contribution is 2.16. The van der Waals surface area contributed by atoms with Crippen LogP contribution in [0, 0.1) is 0 Å². The first kappa shape index (κ1) is 14.0. The van der Waals surface area contributed by atoms with Gasteiger partial charge in [0.15, 0.2) is 0 Å². The Morgan fingerprint density at radius 3 is 2.88 bits per heavy atom. The van der Waals surface area contributed by atoms with E-state index in [0.717, 1.165) is 24.6 Å². The highest BCUT2D eigenvalue weighted by molar-refractivity contribution is 9.09. The minimum absolute atomic E-state index is 0.0650. The quantitative estimate of drug-likeness (QED) is 0.648. The predicted octanol–water partition coefficient (Wildman–Crippen LogP) is 2.42. The van der Waals surface area contributed by atoms with Crippen LogP contribution in [0.4, 0.5) is 0 Å². The van der Waals surface area contributed by atoms with Gasteiger partial charge >= 0.3 is 0 Å². The fraction of sp³-hybridized carbons (Fsp3) is 0.500. The van der Waals surface area contributed by atoms with Gasteiger partial charge < -0.3 is 10.0 Å². The van der Waals surface area contributed by atoms with Crippen molar-refractivity contribution in [3.05, 3.63) is 24.0 Å². The molecule has 1 amide bonds. The summed E-state index contributed by atoms with van der Waals surface area (Å²) in [5, 5.41) is 10.5. The minimum Gasteiger partial charge on any atom is -0.505 e. The number of unbranched alkanes of at least 4 members (excludes halogenated alkanes) is 2. The zero-order valence-corrected chi connectivity index (χ0v) is 11.5. The number of amides is 1. The number of aromatic hydroxyl groups is 1. The second-order valence-electron chi connectivity index (χ2n) is 3.87. The topological polar surface area (TPSA) is 53.4 Å². The molecule has 0 saturated carbocycles. The van der Waals surface area contributed by atoms with Crippen LogP contribution in [0.3, 0.4) is 0 Å². The van der Waals surface area contributed by atoms with E-state index in [0.29, 0.717) is 12.1 Å². The van der Waals surface area contributed by atoms with Crippen LogP contribution in [-0.4, -0.2) is 39.8 Å². The number of aromatic nitrogens is 1. The summed E-state index contributed by atoms with van der Waals surface area (Å²) in [7, 11) is 1.75. The van der Waals surface area contributed by atoms with Crippen molar-refractivity contribution in [3.63, 3.8) is 0 Å². The van der Waals surface area contributed by atoms with Crippen molar-refractivity contribution in [1.82, 2.24) is 9.88 Å². The molecule has 0 aliphatic carbocycles. The standard InChI is InChI=1S/C12H17BrN2O2/c1-15(8-4-2-3-6-13)12(17)10-5-7-14-9-11(10)16/h5,7,9,16H,2-4,6,8H2,1H3. The molecule has 0 spiro atoms. The number of halogens is 1. The van der Waals surface area contributed by atoms with Gasteiger partial charge in [-0.1, -0.05) is 22.4 Å². The number of nitrogens with zero attached hydrogens (tertiary/aromatic N) is 2. The van der Waals surface area contributed by atoms with Gasteiger partial charge in [0.2, 0.25) is 0 Å². The monoisotopic (exact) mass is 300 g/mol. The van der Waals surface area contributed by atoms with Crippen molar-refractivity contribution in [2.45, 2.75) is 19.3 Å². The molecule has 0 fully saturated rings. The van der Waals surface area contributed by atoms with E-state index in [4.69, 9.17) is 0 Å². The van der Waals surface area contributed by atoms with Crippen molar-refractivity contribution >= 4 is 21.8 Å². The average molecular weight is 301 g/mol. The van der Waals surface area contributed by atoms with Gasteiger partial charge in [0.25, 0.3) is 5.91 Å². The van der Waals surface area contributed by atoms with E-state index in [1.807, 2.05) is 0 Å². The lowest BCUT2D eigenvalue weighted by Gasteiger charge is -2.17. The number of alkyl halides is 1. The maximum absolute atomic E-state index is 12.0. The summed E-state index contributed by atoms with van der Waals surface area (Å²) in [5.74, 6) is -0.228. The number of hydrogen-bond donors (Lipinski definition) is 1. The first-order valence-electron chi connectivity index (χ1n) is 5.61.